The molecule has 0 unspecified atom stereocenters. The quantitative estimate of drug-likeness (QED) is 0.733. The van der Waals surface area contributed by atoms with Gasteiger partial charge in [-0.3, -0.25) is 9.78 Å². The van der Waals surface area contributed by atoms with E-state index in [0.717, 1.165) is 25.1 Å². The lowest BCUT2D eigenvalue weighted by atomic mass is 10.1. The minimum absolute atomic E-state index is 0.124. The van der Waals surface area contributed by atoms with Gasteiger partial charge in [-0.15, -0.1) is 0 Å². The van der Waals surface area contributed by atoms with Gasteiger partial charge in [-0.2, -0.15) is 0 Å². The number of amides is 1. The molecule has 0 radical (unpaired) electrons. The molecular formula is C22H21N3O. The summed E-state index contributed by atoms with van der Waals surface area (Å²) in [6, 6.07) is 20.5. The van der Waals surface area contributed by atoms with Crippen LogP contribution in [0.25, 0.3) is 0 Å². The van der Waals surface area contributed by atoms with Crippen LogP contribution in [0.2, 0.25) is 0 Å². The van der Waals surface area contributed by atoms with Crippen molar-refractivity contribution >= 4 is 11.6 Å². The molecule has 1 aliphatic carbocycles. The molecule has 1 heterocycles. The van der Waals surface area contributed by atoms with Gasteiger partial charge < -0.3 is 10.6 Å². The van der Waals surface area contributed by atoms with Crippen molar-refractivity contribution in [2.24, 2.45) is 0 Å². The Kier molecular flexibility index (Phi) is 4.75. The highest BCUT2D eigenvalue weighted by Crippen LogP contribution is 2.30. The second-order valence-electron chi connectivity index (χ2n) is 6.56. The third-order valence-corrected chi connectivity index (χ3v) is 4.84. The predicted molar refractivity (Wildman–Crippen MR) is 103 cm³/mol. The van der Waals surface area contributed by atoms with Crippen molar-refractivity contribution in [1.82, 2.24) is 10.3 Å². The molecule has 2 aromatic carbocycles. The number of rotatable bonds is 5. The fraction of sp³-hybridized carbons (Fsp3) is 0.182. The van der Waals surface area contributed by atoms with Crippen LogP contribution in [0.4, 0.5) is 5.69 Å². The Morgan fingerprint density at radius 2 is 1.77 bits per heavy atom. The number of anilines is 1. The standard InChI is InChI=1S/C22H21N3O/c26-22(18-11-13-23-14-12-18)25-19-8-5-16(6-9-19)15-24-21-10-7-17-3-1-2-4-20(17)21/h1-6,8-9,11-14,21,24H,7,10,15H2,(H,25,26)/t21-/m1/s1. The fourth-order valence-electron chi connectivity index (χ4n) is 3.42. The van der Waals surface area contributed by atoms with E-state index in [2.05, 4.69) is 52.0 Å². The summed E-state index contributed by atoms with van der Waals surface area (Å²) in [5.41, 5.74) is 5.48. The first kappa shape index (κ1) is 16.5. The number of aryl methyl sites for hydroxylation is 1. The van der Waals surface area contributed by atoms with E-state index < -0.39 is 0 Å². The van der Waals surface area contributed by atoms with Crippen molar-refractivity contribution in [1.29, 1.82) is 0 Å². The summed E-state index contributed by atoms with van der Waals surface area (Å²) in [5, 5.41) is 6.55. The molecule has 0 aliphatic heterocycles. The van der Waals surface area contributed by atoms with Gasteiger partial charge in [0.25, 0.3) is 5.91 Å². The van der Waals surface area contributed by atoms with E-state index in [9.17, 15) is 4.79 Å². The molecule has 0 bridgehead atoms. The zero-order valence-corrected chi connectivity index (χ0v) is 14.5. The van der Waals surface area contributed by atoms with Crippen LogP contribution < -0.4 is 10.6 Å². The Labute approximate surface area is 153 Å². The van der Waals surface area contributed by atoms with Crippen LogP contribution in [0.15, 0.2) is 73.1 Å². The van der Waals surface area contributed by atoms with Crippen molar-refractivity contribution in [2.45, 2.75) is 25.4 Å². The number of pyridine rings is 1. The molecule has 4 nitrogen and oxygen atoms in total. The number of hydrogen-bond donors (Lipinski definition) is 2. The van der Waals surface area contributed by atoms with Gasteiger partial charge >= 0.3 is 0 Å². The van der Waals surface area contributed by atoms with Gasteiger partial charge in [0.2, 0.25) is 0 Å². The Hall–Kier alpha value is -2.98. The molecule has 130 valence electrons. The van der Waals surface area contributed by atoms with E-state index in [1.54, 1.807) is 24.5 Å². The number of carbonyl (C=O) groups excluding carboxylic acids is 1. The first-order valence-electron chi connectivity index (χ1n) is 8.91. The van der Waals surface area contributed by atoms with E-state index in [-0.39, 0.29) is 5.91 Å². The van der Waals surface area contributed by atoms with Gasteiger partial charge in [0.15, 0.2) is 0 Å². The maximum atomic E-state index is 12.2. The summed E-state index contributed by atoms with van der Waals surface area (Å²) in [7, 11) is 0. The second kappa shape index (κ2) is 7.50. The van der Waals surface area contributed by atoms with E-state index in [4.69, 9.17) is 0 Å². The summed E-state index contributed by atoms with van der Waals surface area (Å²) < 4.78 is 0. The van der Waals surface area contributed by atoms with Crippen molar-refractivity contribution in [3.05, 3.63) is 95.3 Å². The Bertz CT molecular complexity index is 891. The number of aromatic nitrogens is 1. The summed E-state index contributed by atoms with van der Waals surface area (Å²) in [5.74, 6) is -0.124. The topological polar surface area (TPSA) is 54.0 Å². The van der Waals surface area contributed by atoms with Crippen molar-refractivity contribution < 1.29 is 4.79 Å². The van der Waals surface area contributed by atoms with E-state index >= 15 is 0 Å². The van der Waals surface area contributed by atoms with Crippen LogP contribution in [0.5, 0.6) is 0 Å². The van der Waals surface area contributed by atoms with Crippen LogP contribution in [0.1, 0.15) is 39.5 Å². The van der Waals surface area contributed by atoms with Crippen molar-refractivity contribution in [3.63, 3.8) is 0 Å². The van der Waals surface area contributed by atoms with Crippen LogP contribution >= 0.6 is 0 Å². The molecule has 0 spiro atoms. The fourth-order valence-corrected chi connectivity index (χ4v) is 3.42. The van der Waals surface area contributed by atoms with Crippen molar-refractivity contribution in [2.75, 3.05) is 5.32 Å². The number of benzene rings is 2. The SMILES string of the molecule is O=C(Nc1ccc(CN[C@@H]2CCc3ccccc32)cc1)c1ccncc1. The average Bonchev–Trinajstić information content (AvgIpc) is 3.11. The molecule has 0 fully saturated rings. The Balaban J connectivity index is 1.34. The molecule has 4 heteroatoms. The van der Waals surface area contributed by atoms with Gasteiger partial charge in [0, 0.05) is 36.2 Å². The first-order chi connectivity index (χ1) is 12.8. The predicted octanol–water partition coefficient (Wildman–Crippen LogP) is 4.11. The van der Waals surface area contributed by atoms with Crippen LogP contribution in [-0.2, 0) is 13.0 Å². The smallest absolute Gasteiger partial charge is 0.255 e. The lowest BCUT2D eigenvalue weighted by molar-refractivity contribution is 0.102. The first-order valence-corrected chi connectivity index (χ1v) is 8.91. The summed E-state index contributed by atoms with van der Waals surface area (Å²) >= 11 is 0. The normalized spacial score (nSPS) is 15.5. The molecule has 1 aromatic heterocycles. The van der Waals surface area contributed by atoms with Gasteiger partial charge in [0.1, 0.15) is 0 Å². The van der Waals surface area contributed by atoms with Crippen molar-refractivity contribution in [3.8, 4) is 0 Å². The molecule has 0 saturated heterocycles. The molecule has 1 aliphatic rings. The van der Waals surface area contributed by atoms with E-state index in [1.807, 2.05) is 12.1 Å². The maximum absolute atomic E-state index is 12.2. The van der Waals surface area contributed by atoms with E-state index in [0.29, 0.717) is 11.6 Å². The number of nitrogens with zero attached hydrogens (tertiary/aromatic N) is 1. The van der Waals surface area contributed by atoms with Crippen LogP contribution in [0.3, 0.4) is 0 Å². The molecular weight excluding hydrogens is 322 g/mol. The molecule has 2 N–H and O–H groups in total. The highest BCUT2D eigenvalue weighted by Gasteiger charge is 2.20. The van der Waals surface area contributed by atoms with Gasteiger partial charge in [-0.1, -0.05) is 36.4 Å². The summed E-state index contributed by atoms with van der Waals surface area (Å²) in [6.45, 7) is 0.817. The Morgan fingerprint density at radius 1 is 1.00 bits per heavy atom. The van der Waals surface area contributed by atoms with Crippen LogP contribution in [-0.4, -0.2) is 10.9 Å². The lowest BCUT2D eigenvalue weighted by Gasteiger charge is -2.14. The van der Waals surface area contributed by atoms with Crippen LogP contribution in [0, 0.1) is 0 Å². The number of fused-ring (bicyclic) bond motifs is 1. The highest BCUT2D eigenvalue weighted by molar-refractivity contribution is 6.04. The molecule has 0 saturated carbocycles. The average molecular weight is 343 g/mol. The van der Waals surface area contributed by atoms with Gasteiger partial charge in [-0.05, 0) is 53.8 Å². The van der Waals surface area contributed by atoms with Gasteiger partial charge in [-0.25, -0.2) is 0 Å². The molecule has 1 amide bonds. The largest absolute Gasteiger partial charge is 0.322 e. The third kappa shape index (κ3) is 3.65. The number of carbonyl (C=O) groups is 1. The number of hydrogen-bond acceptors (Lipinski definition) is 3. The van der Waals surface area contributed by atoms with E-state index in [1.165, 1.54) is 16.7 Å². The zero-order valence-electron chi connectivity index (χ0n) is 14.5. The minimum atomic E-state index is -0.124. The zero-order chi connectivity index (χ0) is 17.8. The Morgan fingerprint density at radius 3 is 2.58 bits per heavy atom. The molecule has 3 aromatic rings. The monoisotopic (exact) mass is 343 g/mol. The molecule has 4 rings (SSSR count). The molecule has 26 heavy (non-hydrogen) atoms. The minimum Gasteiger partial charge on any atom is -0.322 e. The second-order valence-corrected chi connectivity index (χ2v) is 6.56. The summed E-state index contributed by atoms with van der Waals surface area (Å²) in [4.78, 5) is 16.1. The lowest BCUT2D eigenvalue weighted by Crippen LogP contribution is -2.18. The summed E-state index contributed by atoms with van der Waals surface area (Å²) in [6.07, 6.45) is 5.53. The maximum Gasteiger partial charge on any atom is 0.255 e. The van der Waals surface area contributed by atoms with Gasteiger partial charge in [0.05, 0.1) is 0 Å². The molecule has 1 atom stereocenters. The third-order valence-electron chi connectivity index (χ3n) is 4.84. The number of nitrogens with one attached hydrogen (secondary N) is 2. The highest BCUT2D eigenvalue weighted by atomic mass is 16.1.